The van der Waals surface area contributed by atoms with E-state index in [-0.39, 0.29) is 23.5 Å². The highest BCUT2D eigenvalue weighted by atomic mass is 19.1. The number of halogens is 1. The molecule has 0 spiro atoms. The lowest BCUT2D eigenvalue weighted by Gasteiger charge is -2.35. The molecule has 7 nitrogen and oxygen atoms in total. The van der Waals surface area contributed by atoms with E-state index in [0.717, 1.165) is 34.6 Å². The predicted octanol–water partition coefficient (Wildman–Crippen LogP) is 4.58. The molecular formula is C29H31FN4O3. The molecule has 5 rings (SSSR count). The van der Waals surface area contributed by atoms with E-state index in [2.05, 4.69) is 11.8 Å². The summed E-state index contributed by atoms with van der Waals surface area (Å²) in [6.45, 7) is 6.78. The zero-order chi connectivity index (χ0) is 25.9. The molecular weight excluding hydrogens is 471 g/mol. The summed E-state index contributed by atoms with van der Waals surface area (Å²) in [5.74, 6) is 1.11. The molecule has 2 aliphatic rings. The van der Waals surface area contributed by atoms with Crippen LogP contribution >= 0.6 is 0 Å². The number of nitrogens with zero attached hydrogens (tertiary/aromatic N) is 4. The summed E-state index contributed by atoms with van der Waals surface area (Å²) in [5, 5.41) is 0. The van der Waals surface area contributed by atoms with Crippen molar-refractivity contribution in [2.24, 2.45) is 0 Å². The van der Waals surface area contributed by atoms with Crippen LogP contribution in [-0.4, -0.2) is 52.4 Å². The summed E-state index contributed by atoms with van der Waals surface area (Å²) in [6.07, 6.45) is 1.86. The van der Waals surface area contributed by atoms with Gasteiger partial charge in [0.15, 0.2) is 5.82 Å². The molecule has 8 heteroatoms. The number of Topliss-reactive ketones (excluding diaryl/α,β-unsaturated/α-hetero) is 1. The van der Waals surface area contributed by atoms with Crippen molar-refractivity contribution in [1.29, 1.82) is 0 Å². The molecule has 1 atom stereocenters. The van der Waals surface area contributed by atoms with Crippen LogP contribution in [0.5, 0.6) is 0 Å². The van der Waals surface area contributed by atoms with E-state index in [4.69, 9.17) is 14.7 Å². The van der Waals surface area contributed by atoms with E-state index >= 15 is 0 Å². The Morgan fingerprint density at radius 2 is 1.81 bits per heavy atom. The Morgan fingerprint density at radius 1 is 1.05 bits per heavy atom. The maximum atomic E-state index is 13.4. The molecule has 0 aliphatic carbocycles. The van der Waals surface area contributed by atoms with Crippen LogP contribution in [0.1, 0.15) is 53.9 Å². The highest BCUT2D eigenvalue weighted by Gasteiger charge is 2.33. The van der Waals surface area contributed by atoms with Gasteiger partial charge in [0.1, 0.15) is 17.4 Å². The van der Waals surface area contributed by atoms with Gasteiger partial charge in [-0.25, -0.2) is 14.4 Å². The lowest BCUT2D eigenvalue weighted by atomic mass is 10.0. The number of carbonyl (C=O) groups is 2. The van der Waals surface area contributed by atoms with Crippen LogP contribution in [0.2, 0.25) is 0 Å². The van der Waals surface area contributed by atoms with Gasteiger partial charge in [-0.15, -0.1) is 0 Å². The Morgan fingerprint density at radius 3 is 2.51 bits per heavy atom. The highest BCUT2D eigenvalue weighted by Crippen LogP contribution is 2.34. The van der Waals surface area contributed by atoms with E-state index in [9.17, 15) is 14.0 Å². The minimum Gasteiger partial charge on any atom is -0.377 e. The third-order valence-corrected chi connectivity index (χ3v) is 6.92. The van der Waals surface area contributed by atoms with Crippen molar-refractivity contribution < 1.29 is 18.7 Å². The van der Waals surface area contributed by atoms with Crippen LogP contribution in [0.3, 0.4) is 0 Å². The normalized spacial score (nSPS) is 17.1. The van der Waals surface area contributed by atoms with Gasteiger partial charge >= 0.3 is 0 Å². The van der Waals surface area contributed by atoms with Gasteiger partial charge in [-0.2, -0.15) is 0 Å². The Labute approximate surface area is 216 Å². The summed E-state index contributed by atoms with van der Waals surface area (Å²) >= 11 is 0. The van der Waals surface area contributed by atoms with Crippen LogP contribution in [-0.2, 0) is 29.0 Å². The van der Waals surface area contributed by atoms with Crippen LogP contribution in [0.15, 0.2) is 48.5 Å². The first-order valence-corrected chi connectivity index (χ1v) is 12.8. The minimum absolute atomic E-state index is 0.134. The van der Waals surface area contributed by atoms with Crippen molar-refractivity contribution in [1.82, 2.24) is 14.9 Å². The predicted molar refractivity (Wildman–Crippen MR) is 139 cm³/mol. The van der Waals surface area contributed by atoms with E-state index in [1.54, 1.807) is 4.90 Å². The second-order valence-electron chi connectivity index (χ2n) is 9.74. The summed E-state index contributed by atoms with van der Waals surface area (Å²) in [7, 11) is 0. The zero-order valence-corrected chi connectivity index (χ0v) is 21.2. The largest absolute Gasteiger partial charge is 0.377 e. The third-order valence-electron chi connectivity index (χ3n) is 6.92. The summed E-state index contributed by atoms with van der Waals surface area (Å²) < 4.78 is 19.0. The number of rotatable bonds is 7. The van der Waals surface area contributed by atoms with Gasteiger partial charge < -0.3 is 14.5 Å². The zero-order valence-electron chi connectivity index (χ0n) is 21.2. The fraction of sp³-hybridized carbons (Fsp3) is 0.379. The summed E-state index contributed by atoms with van der Waals surface area (Å²) in [4.78, 5) is 39.1. The Hall–Kier alpha value is -3.65. The Balaban J connectivity index is 1.47. The molecule has 192 valence electrons. The number of amides is 1. The van der Waals surface area contributed by atoms with Gasteiger partial charge in [-0.3, -0.25) is 9.59 Å². The molecule has 2 aliphatic heterocycles. The molecule has 1 saturated heterocycles. The van der Waals surface area contributed by atoms with Crippen LogP contribution in [0.25, 0.3) is 11.4 Å². The Kier molecular flexibility index (Phi) is 7.28. The number of anilines is 1. The van der Waals surface area contributed by atoms with Gasteiger partial charge in [0, 0.05) is 36.1 Å². The number of benzene rings is 2. The monoisotopic (exact) mass is 502 g/mol. The summed E-state index contributed by atoms with van der Waals surface area (Å²) in [6, 6.07) is 13.6. The van der Waals surface area contributed by atoms with Gasteiger partial charge in [0.25, 0.3) is 5.91 Å². The van der Waals surface area contributed by atoms with Gasteiger partial charge in [-0.05, 0) is 43.2 Å². The highest BCUT2D eigenvalue weighted by molar-refractivity contribution is 5.94. The average molecular weight is 503 g/mol. The average Bonchev–Trinajstić information content (AvgIpc) is 3.33. The molecule has 1 amide bonds. The van der Waals surface area contributed by atoms with Gasteiger partial charge in [0.05, 0.1) is 38.0 Å². The van der Waals surface area contributed by atoms with Crippen molar-refractivity contribution in [3.8, 4) is 11.4 Å². The topological polar surface area (TPSA) is 75.6 Å². The molecule has 0 saturated carbocycles. The standard InChI is InChI=1S/C29H31FN4O3/c1-3-4-24(35)15-20-5-7-21(8-6-20)27-31-26-17-33(29(36)22-9-11-23(30)12-10-22)16-25(26)28(32-27)34-13-14-37-18-19(34)2/h5-12,19H,3-4,13-18H2,1-2H3/t19-/m0/s1. The Bertz CT molecular complexity index is 1290. The number of ketones is 1. The fourth-order valence-electron chi connectivity index (χ4n) is 4.93. The first kappa shape index (κ1) is 25.0. The molecule has 2 aromatic carbocycles. The van der Waals surface area contributed by atoms with E-state index in [0.29, 0.717) is 57.1 Å². The van der Waals surface area contributed by atoms with Crippen molar-refractivity contribution in [3.05, 3.63) is 76.7 Å². The number of morpholine rings is 1. The number of hydrogen-bond donors (Lipinski definition) is 0. The molecule has 3 heterocycles. The van der Waals surface area contributed by atoms with Crippen molar-refractivity contribution >= 4 is 17.5 Å². The molecule has 0 N–H and O–H groups in total. The van der Waals surface area contributed by atoms with Crippen molar-refractivity contribution in [2.45, 2.75) is 52.2 Å². The SMILES string of the molecule is CCCC(=O)Cc1ccc(-c2nc3c(c(N4CCOC[C@@H]4C)n2)CN(C(=O)c2ccc(F)cc2)C3)cc1. The van der Waals surface area contributed by atoms with Crippen molar-refractivity contribution in [3.63, 3.8) is 0 Å². The quantitative estimate of drug-likeness (QED) is 0.471. The molecule has 1 aromatic heterocycles. The molecule has 37 heavy (non-hydrogen) atoms. The second kappa shape index (κ2) is 10.8. The molecule has 0 unspecified atom stereocenters. The van der Waals surface area contributed by atoms with E-state index in [1.807, 2.05) is 31.2 Å². The number of hydrogen-bond acceptors (Lipinski definition) is 6. The molecule has 0 bridgehead atoms. The maximum Gasteiger partial charge on any atom is 0.254 e. The molecule has 3 aromatic rings. The first-order chi connectivity index (χ1) is 17.9. The molecule has 0 radical (unpaired) electrons. The lowest BCUT2D eigenvalue weighted by Crippen LogP contribution is -2.44. The van der Waals surface area contributed by atoms with Crippen LogP contribution in [0.4, 0.5) is 10.2 Å². The minimum atomic E-state index is -0.374. The second-order valence-corrected chi connectivity index (χ2v) is 9.74. The maximum absolute atomic E-state index is 13.4. The smallest absolute Gasteiger partial charge is 0.254 e. The van der Waals surface area contributed by atoms with E-state index < -0.39 is 0 Å². The lowest BCUT2D eigenvalue weighted by molar-refractivity contribution is -0.118. The summed E-state index contributed by atoms with van der Waals surface area (Å²) in [5.41, 5.74) is 4.03. The van der Waals surface area contributed by atoms with Crippen molar-refractivity contribution in [2.75, 3.05) is 24.7 Å². The van der Waals surface area contributed by atoms with E-state index in [1.165, 1.54) is 24.3 Å². The molecule has 1 fully saturated rings. The number of ether oxygens (including phenoxy) is 1. The number of aromatic nitrogens is 2. The third kappa shape index (κ3) is 5.39. The first-order valence-electron chi connectivity index (χ1n) is 12.8. The van der Waals surface area contributed by atoms with Gasteiger partial charge in [-0.1, -0.05) is 31.2 Å². The fourth-order valence-corrected chi connectivity index (χ4v) is 4.93. The van der Waals surface area contributed by atoms with Crippen LogP contribution < -0.4 is 4.90 Å². The number of carbonyl (C=O) groups excluding carboxylic acids is 2. The number of fused-ring (bicyclic) bond motifs is 1. The van der Waals surface area contributed by atoms with Crippen LogP contribution in [0, 0.1) is 5.82 Å². The van der Waals surface area contributed by atoms with Gasteiger partial charge in [0.2, 0.25) is 0 Å².